The summed E-state index contributed by atoms with van der Waals surface area (Å²) < 4.78 is 19.0. The van der Waals surface area contributed by atoms with Gasteiger partial charge in [-0.15, -0.1) is 0 Å². The lowest BCUT2D eigenvalue weighted by Crippen LogP contribution is -2.40. The number of phenolic OH excluding ortho intramolecular Hbond substituents is 1. The first-order valence-electron chi connectivity index (χ1n) is 11.4. The number of rotatable bonds is 7. The molecule has 4 rings (SSSR count). The summed E-state index contributed by atoms with van der Waals surface area (Å²) in [6.45, 7) is 5.88. The minimum Gasteiger partial charge on any atom is -0.507 e. The average Bonchev–Trinajstić information content (AvgIpc) is 3.15. The van der Waals surface area contributed by atoms with E-state index < -0.39 is 12.0 Å². The standard InChI is InChI=1S/C26H24BrClN2O6S/c1-5-35-20-12-17(27)16(11-19(20)34-4)23-22(25(33)36-6-2)13(3)29-26-30(23)24(32)21(37-26)10-14-9-15(28)7-8-18(14)31/h7-12,23,31H,5-6H2,1-4H3/b21-10+/t23-/m1/s1. The molecule has 0 radical (unpaired) electrons. The van der Waals surface area contributed by atoms with Gasteiger partial charge in [0.25, 0.3) is 5.56 Å². The van der Waals surface area contributed by atoms with E-state index in [1.165, 1.54) is 17.7 Å². The SMILES string of the molecule is CCOC(=O)C1=C(C)N=c2s/c(=C/c3cc(Cl)ccc3O)c(=O)n2[C@@H]1c1cc(OC)c(OCC)cc1Br. The Labute approximate surface area is 230 Å². The van der Waals surface area contributed by atoms with Gasteiger partial charge in [0, 0.05) is 15.1 Å². The second kappa shape index (κ2) is 11.1. The summed E-state index contributed by atoms with van der Waals surface area (Å²) in [6, 6.07) is 7.20. The van der Waals surface area contributed by atoms with E-state index >= 15 is 0 Å². The Bertz CT molecular complexity index is 1590. The molecule has 0 fully saturated rings. The fraction of sp³-hybridized carbons (Fsp3) is 0.269. The number of aromatic nitrogens is 1. The molecule has 0 saturated heterocycles. The van der Waals surface area contributed by atoms with E-state index in [-0.39, 0.29) is 23.5 Å². The number of hydrogen-bond acceptors (Lipinski definition) is 8. The molecular weight excluding hydrogens is 584 g/mol. The van der Waals surface area contributed by atoms with Crippen LogP contribution in [-0.4, -0.2) is 36.0 Å². The van der Waals surface area contributed by atoms with Crippen molar-refractivity contribution in [2.45, 2.75) is 26.8 Å². The van der Waals surface area contributed by atoms with Gasteiger partial charge in [-0.1, -0.05) is 38.9 Å². The number of hydrogen-bond donors (Lipinski definition) is 1. The number of carbonyl (C=O) groups is 1. The molecule has 1 aliphatic rings. The minimum atomic E-state index is -0.857. The van der Waals surface area contributed by atoms with Crippen LogP contribution in [0.5, 0.6) is 17.2 Å². The van der Waals surface area contributed by atoms with Gasteiger partial charge in [0.1, 0.15) is 5.75 Å². The smallest absolute Gasteiger partial charge is 0.338 e. The van der Waals surface area contributed by atoms with Crippen LogP contribution in [0, 0.1) is 0 Å². The summed E-state index contributed by atoms with van der Waals surface area (Å²) in [5, 5.41) is 10.7. The number of aromatic hydroxyl groups is 1. The summed E-state index contributed by atoms with van der Waals surface area (Å²) in [6.07, 6.45) is 1.55. The lowest BCUT2D eigenvalue weighted by molar-refractivity contribution is -0.139. The van der Waals surface area contributed by atoms with Crippen LogP contribution in [0.15, 0.2) is 55.9 Å². The number of esters is 1. The van der Waals surface area contributed by atoms with Crippen molar-refractivity contribution in [2.24, 2.45) is 4.99 Å². The fourth-order valence-corrected chi connectivity index (χ4v) is 5.81. The molecule has 8 nitrogen and oxygen atoms in total. The van der Waals surface area contributed by atoms with E-state index in [9.17, 15) is 14.7 Å². The maximum Gasteiger partial charge on any atom is 0.338 e. The van der Waals surface area contributed by atoms with E-state index in [2.05, 4.69) is 20.9 Å². The first kappa shape index (κ1) is 27.0. The van der Waals surface area contributed by atoms with Crippen LogP contribution >= 0.6 is 38.9 Å². The first-order chi connectivity index (χ1) is 17.7. The molecule has 0 spiro atoms. The van der Waals surface area contributed by atoms with E-state index in [1.54, 1.807) is 44.2 Å². The molecule has 3 aromatic rings. The van der Waals surface area contributed by atoms with Crippen molar-refractivity contribution in [3.05, 3.63) is 81.9 Å². The summed E-state index contributed by atoms with van der Waals surface area (Å²) >= 11 is 10.8. The summed E-state index contributed by atoms with van der Waals surface area (Å²) in [7, 11) is 1.52. The molecule has 0 saturated carbocycles. The van der Waals surface area contributed by atoms with Crippen LogP contribution in [0.4, 0.5) is 0 Å². The summed E-state index contributed by atoms with van der Waals surface area (Å²) in [5.74, 6) is 0.371. The lowest BCUT2D eigenvalue weighted by Gasteiger charge is -2.26. The predicted molar refractivity (Wildman–Crippen MR) is 145 cm³/mol. The number of halogens is 2. The van der Waals surface area contributed by atoms with E-state index in [1.807, 2.05) is 6.92 Å². The molecule has 0 bridgehead atoms. The zero-order valence-corrected chi connectivity index (χ0v) is 23.7. The van der Waals surface area contributed by atoms with Gasteiger partial charge in [-0.2, -0.15) is 0 Å². The van der Waals surface area contributed by atoms with Gasteiger partial charge in [-0.25, -0.2) is 9.79 Å². The van der Waals surface area contributed by atoms with Crippen LogP contribution in [0.3, 0.4) is 0 Å². The van der Waals surface area contributed by atoms with Crippen LogP contribution < -0.4 is 24.4 Å². The Balaban J connectivity index is 2.02. The van der Waals surface area contributed by atoms with E-state index in [0.717, 1.165) is 11.3 Å². The molecule has 1 aromatic heterocycles. The minimum absolute atomic E-state index is 0.0193. The molecule has 1 N–H and O–H groups in total. The van der Waals surface area contributed by atoms with Crippen molar-refractivity contribution >= 4 is 50.9 Å². The second-order valence-electron chi connectivity index (χ2n) is 7.96. The molecule has 2 aromatic carbocycles. The van der Waals surface area contributed by atoms with Crippen molar-refractivity contribution in [1.82, 2.24) is 4.57 Å². The molecule has 194 valence electrons. The Morgan fingerprint density at radius 2 is 2.00 bits per heavy atom. The van der Waals surface area contributed by atoms with Gasteiger partial charge >= 0.3 is 5.97 Å². The highest BCUT2D eigenvalue weighted by atomic mass is 79.9. The number of nitrogens with zero attached hydrogens (tertiary/aromatic N) is 2. The normalized spacial score (nSPS) is 15.3. The van der Waals surface area contributed by atoms with E-state index in [4.69, 9.17) is 25.8 Å². The molecule has 1 aliphatic heterocycles. The lowest BCUT2D eigenvalue weighted by atomic mass is 9.95. The van der Waals surface area contributed by atoms with Gasteiger partial charge in [0.15, 0.2) is 16.3 Å². The van der Waals surface area contributed by atoms with Gasteiger partial charge in [-0.05, 0) is 62.7 Å². The maximum atomic E-state index is 13.8. The van der Waals surface area contributed by atoms with Crippen molar-refractivity contribution in [3.63, 3.8) is 0 Å². The highest BCUT2D eigenvalue weighted by Gasteiger charge is 2.35. The summed E-state index contributed by atoms with van der Waals surface area (Å²) in [5.41, 5.74) is 1.26. The van der Waals surface area contributed by atoms with Gasteiger partial charge in [0.2, 0.25) is 0 Å². The first-order valence-corrected chi connectivity index (χ1v) is 13.4. The Morgan fingerprint density at radius 1 is 1.24 bits per heavy atom. The third kappa shape index (κ3) is 5.18. The Kier molecular flexibility index (Phi) is 8.11. The van der Waals surface area contributed by atoms with Crippen LogP contribution in [0.2, 0.25) is 5.02 Å². The van der Waals surface area contributed by atoms with Crippen molar-refractivity contribution < 1.29 is 24.1 Å². The number of thiazole rings is 1. The molecule has 0 unspecified atom stereocenters. The van der Waals surface area contributed by atoms with Gasteiger partial charge in [-0.3, -0.25) is 9.36 Å². The Hall–Kier alpha value is -3.08. The molecule has 1 atom stereocenters. The molecule has 0 aliphatic carbocycles. The summed E-state index contributed by atoms with van der Waals surface area (Å²) in [4.78, 5) is 31.9. The zero-order valence-electron chi connectivity index (χ0n) is 20.5. The Morgan fingerprint density at radius 3 is 2.68 bits per heavy atom. The largest absolute Gasteiger partial charge is 0.507 e. The topological polar surface area (TPSA) is 99.4 Å². The van der Waals surface area contributed by atoms with Crippen LogP contribution in [-0.2, 0) is 9.53 Å². The number of phenols is 1. The number of ether oxygens (including phenoxy) is 3. The number of methoxy groups -OCH3 is 1. The molecular formula is C26H24BrClN2O6S. The van der Waals surface area contributed by atoms with E-state index in [0.29, 0.717) is 53.8 Å². The molecule has 11 heteroatoms. The molecule has 37 heavy (non-hydrogen) atoms. The number of fused-ring (bicyclic) bond motifs is 1. The molecule has 2 heterocycles. The number of allylic oxidation sites excluding steroid dienone is 1. The number of carbonyl (C=O) groups excluding carboxylic acids is 1. The van der Waals surface area contributed by atoms with Crippen LogP contribution in [0.25, 0.3) is 6.08 Å². The van der Waals surface area contributed by atoms with Crippen LogP contribution in [0.1, 0.15) is 37.9 Å². The average molecular weight is 608 g/mol. The quantitative estimate of drug-likeness (QED) is 0.402. The van der Waals surface area contributed by atoms with Gasteiger partial charge < -0.3 is 19.3 Å². The highest BCUT2D eigenvalue weighted by Crippen LogP contribution is 2.41. The second-order valence-corrected chi connectivity index (χ2v) is 10.3. The zero-order chi connectivity index (χ0) is 26.9. The monoisotopic (exact) mass is 606 g/mol. The van der Waals surface area contributed by atoms with Crippen molar-refractivity contribution in [3.8, 4) is 17.2 Å². The third-order valence-electron chi connectivity index (χ3n) is 5.67. The highest BCUT2D eigenvalue weighted by molar-refractivity contribution is 9.10. The maximum absolute atomic E-state index is 13.8. The van der Waals surface area contributed by atoms with Crippen molar-refractivity contribution in [1.29, 1.82) is 0 Å². The van der Waals surface area contributed by atoms with Gasteiger partial charge in [0.05, 0.1) is 42.2 Å². The third-order valence-corrected chi connectivity index (χ3v) is 7.58. The number of benzene rings is 2. The fourth-order valence-electron chi connectivity index (χ4n) is 4.06. The van der Waals surface area contributed by atoms with Crippen molar-refractivity contribution in [2.75, 3.05) is 20.3 Å². The predicted octanol–water partition coefficient (Wildman–Crippen LogP) is 4.33. The molecule has 0 amide bonds.